The van der Waals surface area contributed by atoms with E-state index in [1.54, 1.807) is 43.3 Å². The highest BCUT2D eigenvalue weighted by Gasteiger charge is 2.23. The van der Waals surface area contributed by atoms with Gasteiger partial charge in [-0.25, -0.2) is 0 Å². The van der Waals surface area contributed by atoms with E-state index in [4.69, 9.17) is 34.8 Å². The first-order valence-electron chi connectivity index (χ1n) is 6.05. The van der Waals surface area contributed by atoms with Crippen molar-refractivity contribution in [3.63, 3.8) is 0 Å². The van der Waals surface area contributed by atoms with Gasteiger partial charge < -0.3 is 0 Å². The molecule has 0 radical (unpaired) electrons. The molecule has 0 saturated heterocycles. The molecule has 0 amide bonds. The number of ketones is 1. The Morgan fingerprint density at radius 1 is 1.05 bits per heavy atom. The van der Waals surface area contributed by atoms with E-state index in [2.05, 4.69) is 0 Å². The molecule has 21 heavy (non-hydrogen) atoms. The highest BCUT2D eigenvalue weighted by Crippen LogP contribution is 2.26. The Balaban J connectivity index is 2.26. The zero-order valence-corrected chi connectivity index (χ0v) is 14.1. The fraction of sp³-hybridized carbons (Fsp3) is 0.133. The molecule has 6 heteroatoms. The number of Topliss-reactive ketones (excluding diaryl/α,β-unsaturated/α-hetero) is 1. The summed E-state index contributed by atoms with van der Waals surface area (Å²) in [6, 6.07) is 11.3. The van der Waals surface area contributed by atoms with Gasteiger partial charge in [-0.1, -0.05) is 46.9 Å². The van der Waals surface area contributed by atoms with Crippen molar-refractivity contribution in [3.05, 3.63) is 63.1 Å². The van der Waals surface area contributed by atoms with Gasteiger partial charge in [0.05, 0.1) is 26.1 Å². The summed E-state index contributed by atoms with van der Waals surface area (Å²) in [5, 5.41) is 0.449. The summed E-state index contributed by atoms with van der Waals surface area (Å²) in [6.45, 7) is 1.61. The molecule has 0 aliphatic carbocycles. The molecule has 2 aromatic rings. The van der Waals surface area contributed by atoms with Crippen molar-refractivity contribution in [2.45, 2.75) is 17.1 Å². The summed E-state index contributed by atoms with van der Waals surface area (Å²) in [5.41, 5.74) is 0.434. The van der Waals surface area contributed by atoms with Gasteiger partial charge in [0.25, 0.3) is 0 Å². The molecule has 0 saturated carbocycles. The minimum atomic E-state index is -1.52. The van der Waals surface area contributed by atoms with Gasteiger partial charge >= 0.3 is 0 Å². The zero-order valence-electron chi connectivity index (χ0n) is 11.0. The lowest BCUT2D eigenvalue weighted by Crippen LogP contribution is -2.22. The molecular weight excluding hydrogens is 351 g/mol. The van der Waals surface area contributed by atoms with Gasteiger partial charge in [-0.05, 0) is 37.3 Å². The van der Waals surface area contributed by atoms with Crippen molar-refractivity contribution < 1.29 is 9.00 Å². The van der Waals surface area contributed by atoms with Crippen molar-refractivity contribution >= 4 is 51.4 Å². The number of hydrogen-bond donors (Lipinski definition) is 0. The number of hydrogen-bond acceptors (Lipinski definition) is 2. The third-order valence-corrected chi connectivity index (χ3v) is 5.47. The zero-order chi connectivity index (χ0) is 15.6. The second kappa shape index (κ2) is 6.93. The minimum Gasteiger partial charge on any atom is -0.293 e. The normalized spacial score (nSPS) is 13.7. The van der Waals surface area contributed by atoms with Crippen LogP contribution in [0.3, 0.4) is 0 Å². The first-order chi connectivity index (χ1) is 9.90. The molecule has 0 bridgehead atoms. The number of carbonyl (C=O) groups excluding carboxylic acids is 1. The smallest absolute Gasteiger partial charge is 0.178 e. The van der Waals surface area contributed by atoms with Crippen LogP contribution >= 0.6 is 34.8 Å². The molecule has 2 unspecified atom stereocenters. The van der Waals surface area contributed by atoms with E-state index in [0.29, 0.717) is 25.5 Å². The van der Waals surface area contributed by atoms with Gasteiger partial charge in [-0.2, -0.15) is 0 Å². The van der Waals surface area contributed by atoms with Crippen LogP contribution in [0.15, 0.2) is 47.4 Å². The van der Waals surface area contributed by atoms with Crippen molar-refractivity contribution in [2.75, 3.05) is 0 Å². The second-order valence-electron chi connectivity index (χ2n) is 4.39. The fourth-order valence-corrected chi connectivity index (χ4v) is 3.51. The third-order valence-electron chi connectivity index (χ3n) is 2.92. The Bertz CT molecular complexity index is 716. The van der Waals surface area contributed by atoms with Gasteiger partial charge in [0.15, 0.2) is 5.78 Å². The topological polar surface area (TPSA) is 34.1 Å². The number of benzene rings is 2. The first kappa shape index (κ1) is 16.5. The van der Waals surface area contributed by atoms with E-state index in [9.17, 15) is 9.00 Å². The first-order valence-corrected chi connectivity index (χ1v) is 8.40. The Morgan fingerprint density at radius 2 is 1.76 bits per heavy atom. The molecule has 0 N–H and O–H groups in total. The minimum absolute atomic E-state index is 0.234. The lowest BCUT2D eigenvalue weighted by molar-refractivity contribution is 0.0992. The quantitative estimate of drug-likeness (QED) is 0.716. The summed E-state index contributed by atoms with van der Waals surface area (Å²) < 4.78 is 12.5. The van der Waals surface area contributed by atoms with Crippen molar-refractivity contribution in [1.82, 2.24) is 0 Å². The van der Waals surface area contributed by atoms with Crippen LogP contribution in [0.5, 0.6) is 0 Å². The Kier molecular flexibility index (Phi) is 5.44. The standard InChI is InChI=1S/C15H11Cl3O2S/c1-9(15(19)10-3-2-4-11(16)7-10)21(20)12-5-6-13(17)14(18)8-12/h2-9H,1H3. The molecule has 2 atom stereocenters. The van der Waals surface area contributed by atoms with E-state index in [0.717, 1.165) is 0 Å². The van der Waals surface area contributed by atoms with Gasteiger partial charge in [-0.15, -0.1) is 0 Å². The Labute approximate surface area is 140 Å². The van der Waals surface area contributed by atoms with Crippen molar-refractivity contribution in [3.8, 4) is 0 Å². The SMILES string of the molecule is CC(C(=O)c1cccc(Cl)c1)S(=O)c1ccc(Cl)c(Cl)c1. The average Bonchev–Trinajstić information content (AvgIpc) is 2.47. The molecule has 2 nitrogen and oxygen atoms in total. The maximum absolute atomic E-state index is 12.5. The summed E-state index contributed by atoms with van der Waals surface area (Å²) >= 11 is 17.6. The van der Waals surface area contributed by atoms with Gasteiger partial charge in [-0.3, -0.25) is 9.00 Å². The number of rotatable bonds is 4. The van der Waals surface area contributed by atoms with E-state index >= 15 is 0 Å². The van der Waals surface area contributed by atoms with Crippen LogP contribution in [0.25, 0.3) is 0 Å². The summed E-state index contributed by atoms with van der Waals surface area (Å²) in [4.78, 5) is 12.8. The summed E-state index contributed by atoms with van der Waals surface area (Å²) in [5.74, 6) is -0.234. The summed E-state index contributed by atoms with van der Waals surface area (Å²) in [6.07, 6.45) is 0. The molecule has 2 aromatic carbocycles. The maximum Gasteiger partial charge on any atom is 0.178 e. The van der Waals surface area contributed by atoms with Crippen LogP contribution in [0.4, 0.5) is 0 Å². The van der Waals surface area contributed by atoms with Crippen molar-refractivity contribution in [1.29, 1.82) is 0 Å². The predicted molar refractivity (Wildman–Crippen MR) is 88.1 cm³/mol. The van der Waals surface area contributed by atoms with E-state index in [-0.39, 0.29) is 5.78 Å². The predicted octanol–water partition coefficient (Wildman–Crippen LogP) is 5.03. The van der Waals surface area contributed by atoms with Crippen LogP contribution in [-0.2, 0) is 10.8 Å². The Hall–Kier alpha value is -0.870. The van der Waals surface area contributed by atoms with Gasteiger partial charge in [0.1, 0.15) is 0 Å². The molecule has 0 spiro atoms. The lowest BCUT2D eigenvalue weighted by atomic mass is 10.1. The van der Waals surface area contributed by atoms with Crippen molar-refractivity contribution in [2.24, 2.45) is 0 Å². The highest BCUT2D eigenvalue weighted by atomic mass is 35.5. The Morgan fingerprint density at radius 3 is 2.38 bits per heavy atom. The van der Waals surface area contributed by atoms with Gasteiger partial charge in [0.2, 0.25) is 0 Å². The van der Waals surface area contributed by atoms with Crippen LogP contribution in [-0.4, -0.2) is 15.2 Å². The van der Waals surface area contributed by atoms with Crippen LogP contribution < -0.4 is 0 Å². The lowest BCUT2D eigenvalue weighted by Gasteiger charge is -2.11. The fourth-order valence-electron chi connectivity index (χ4n) is 1.78. The largest absolute Gasteiger partial charge is 0.293 e. The van der Waals surface area contributed by atoms with E-state index in [1.807, 2.05) is 0 Å². The monoisotopic (exact) mass is 360 g/mol. The number of halogens is 3. The highest BCUT2D eigenvalue weighted by molar-refractivity contribution is 7.86. The second-order valence-corrected chi connectivity index (χ2v) is 7.41. The molecule has 0 aromatic heterocycles. The van der Waals surface area contributed by atoms with Gasteiger partial charge in [0, 0.05) is 15.5 Å². The summed E-state index contributed by atoms with van der Waals surface area (Å²) in [7, 11) is -1.52. The molecular formula is C15H11Cl3O2S. The molecule has 2 rings (SSSR count). The number of carbonyl (C=O) groups is 1. The van der Waals surface area contributed by atoms with Crippen LogP contribution in [0, 0.1) is 0 Å². The maximum atomic E-state index is 12.5. The molecule has 0 aliphatic rings. The van der Waals surface area contributed by atoms with Crippen LogP contribution in [0.2, 0.25) is 15.1 Å². The average molecular weight is 362 g/mol. The molecule has 0 fully saturated rings. The van der Waals surface area contributed by atoms with E-state index in [1.165, 1.54) is 6.07 Å². The van der Waals surface area contributed by atoms with Crippen LogP contribution in [0.1, 0.15) is 17.3 Å². The van der Waals surface area contributed by atoms with E-state index < -0.39 is 16.0 Å². The third kappa shape index (κ3) is 3.86. The molecule has 0 heterocycles. The molecule has 110 valence electrons. The molecule has 0 aliphatic heterocycles.